The normalized spacial score (nSPS) is 12.1. The molecule has 0 aliphatic carbocycles. The summed E-state index contributed by atoms with van der Waals surface area (Å²) >= 11 is 0. The van der Waals surface area contributed by atoms with Crippen molar-refractivity contribution in [1.82, 2.24) is 19.1 Å². The average Bonchev–Trinajstić information content (AvgIpc) is 3.74. The Labute approximate surface area is 309 Å². The minimum absolute atomic E-state index is 0.816. The van der Waals surface area contributed by atoms with Crippen LogP contribution in [0.5, 0.6) is 0 Å². The Balaban J connectivity index is 1.29. The van der Waals surface area contributed by atoms with Gasteiger partial charge in [-0.05, 0) is 57.9 Å². The van der Waals surface area contributed by atoms with E-state index >= 15 is 0 Å². The molecule has 0 aliphatic rings. The zero-order valence-electron chi connectivity index (χ0n) is 29.1. The van der Waals surface area contributed by atoms with Crippen LogP contribution in [-0.2, 0) is 0 Å². The fourth-order valence-corrected chi connectivity index (χ4v) is 8.93. The SMILES string of the molecule is c1ccc(-n2c3ccccc3c3cc4c(cc32)c2ccccc2n4-c2nc3c4ccccc4c4ccccc4c3nc2-c2cccc3ccccc23)cc1. The molecule has 4 nitrogen and oxygen atoms in total. The number of hydrogen-bond acceptors (Lipinski definition) is 2. The molecule has 0 saturated heterocycles. The molecule has 0 spiro atoms. The van der Waals surface area contributed by atoms with Gasteiger partial charge in [0.2, 0.25) is 0 Å². The van der Waals surface area contributed by atoms with Gasteiger partial charge >= 0.3 is 0 Å². The molecule has 12 aromatic rings. The molecule has 54 heavy (non-hydrogen) atoms. The Morgan fingerprint density at radius 1 is 0.315 bits per heavy atom. The summed E-state index contributed by atoms with van der Waals surface area (Å²) in [5.41, 5.74) is 9.41. The topological polar surface area (TPSA) is 35.6 Å². The van der Waals surface area contributed by atoms with E-state index in [4.69, 9.17) is 9.97 Å². The third-order valence-corrected chi connectivity index (χ3v) is 11.3. The first-order valence-electron chi connectivity index (χ1n) is 18.4. The van der Waals surface area contributed by atoms with Crippen molar-refractivity contribution >= 4 is 87.0 Å². The maximum absolute atomic E-state index is 5.77. The van der Waals surface area contributed by atoms with Gasteiger partial charge in [-0.1, -0.05) is 146 Å². The van der Waals surface area contributed by atoms with Crippen LogP contribution in [0.2, 0.25) is 0 Å². The predicted octanol–water partition coefficient (Wildman–Crippen LogP) is 13.0. The number of fused-ring (bicyclic) bond motifs is 13. The standard InChI is InChI=1S/C50H30N4/c1-2-17-32(18-3-1)53-43-27-12-10-22-36(43)41-30-46-42(29-45(41)53)37-23-11-13-28-44(37)54(46)50-49(38-26-14-16-31-15-4-5-19-33(31)38)51-47-39-24-8-6-20-34(39)35-21-7-9-25-40(35)48(47)52-50/h1-30H. The van der Waals surface area contributed by atoms with Crippen LogP contribution in [0.15, 0.2) is 182 Å². The van der Waals surface area contributed by atoms with E-state index in [1.165, 1.54) is 48.7 Å². The first kappa shape index (κ1) is 29.3. The average molecular weight is 687 g/mol. The number of nitrogens with zero attached hydrogens (tertiary/aromatic N) is 4. The molecule has 250 valence electrons. The molecule has 4 heteroatoms. The summed E-state index contributed by atoms with van der Waals surface area (Å²) in [6.07, 6.45) is 0. The van der Waals surface area contributed by atoms with Gasteiger partial charge in [0, 0.05) is 43.6 Å². The molecular formula is C50H30N4. The highest BCUT2D eigenvalue weighted by atomic mass is 15.1. The van der Waals surface area contributed by atoms with Gasteiger partial charge in [-0.2, -0.15) is 0 Å². The number of hydrogen-bond donors (Lipinski definition) is 0. The summed E-state index contributed by atoms with van der Waals surface area (Å²) in [6.45, 7) is 0. The first-order valence-corrected chi connectivity index (χ1v) is 18.4. The van der Waals surface area contributed by atoms with E-state index in [0.717, 1.165) is 61.0 Å². The highest BCUT2D eigenvalue weighted by molar-refractivity contribution is 6.24. The number of para-hydroxylation sites is 3. The lowest BCUT2D eigenvalue weighted by atomic mass is 9.98. The van der Waals surface area contributed by atoms with E-state index in [-0.39, 0.29) is 0 Å². The highest BCUT2D eigenvalue weighted by Gasteiger charge is 2.24. The van der Waals surface area contributed by atoms with E-state index < -0.39 is 0 Å². The van der Waals surface area contributed by atoms with E-state index in [2.05, 4.69) is 191 Å². The maximum atomic E-state index is 5.77. The summed E-state index contributed by atoms with van der Waals surface area (Å²) in [4.78, 5) is 11.5. The monoisotopic (exact) mass is 686 g/mol. The van der Waals surface area contributed by atoms with Crippen molar-refractivity contribution in [1.29, 1.82) is 0 Å². The Kier molecular flexibility index (Phi) is 6.02. The number of aromatic nitrogens is 4. The van der Waals surface area contributed by atoms with Gasteiger partial charge in [0.15, 0.2) is 5.82 Å². The largest absolute Gasteiger partial charge is 0.309 e. The maximum Gasteiger partial charge on any atom is 0.165 e. The fourth-order valence-electron chi connectivity index (χ4n) is 8.93. The molecule has 0 atom stereocenters. The molecule has 0 saturated carbocycles. The number of rotatable bonds is 3. The lowest BCUT2D eigenvalue weighted by Gasteiger charge is -2.17. The molecule has 9 aromatic carbocycles. The van der Waals surface area contributed by atoms with Gasteiger partial charge in [0.25, 0.3) is 0 Å². The Morgan fingerprint density at radius 3 is 1.46 bits per heavy atom. The smallest absolute Gasteiger partial charge is 0.165 e. The van der Waals surface area contributed by atoms with Crippen molar-refractivity contribution in [3.63, 3.8) is 0 Å². The molecule has 3 heterocycles. The minimum Gasteiger partial charge on any atom is -0.309 e. The Morgan fingerprint density at radius 2 is 0.796 bits per heavy atom. The molecular weight excluding hydrogens is 657 g/mol. The third-order valence-electron chi connectivity index (χ3n) is 11.3. The first-order chi connectivity index (χ1) is 26.8. The van der Waals surface area contributed by atoms with Crippen molar-refractivity contribution in [3.8, 4) is 22.8 Å². The van der Waals surface area contributed by atoms with Crippen LogP contribution in [0.25, 0.3) is 110 Å². The van der Waals surface area contributed by atoms with Gasteiger partial charge in [-0.3, -0.25) is 4.57 Å². The zero-order chi connectivity index (χ0) is 35.3. The van der Waals surface area contributed by atoms with Gasteiger partial charge in [0.05, 0.1) is 33.1 Å². The summed E-state index contributed by atoms with van der Waals surface area (Å²) in [5, 5.41) is 11.6. The predicted molar refractivity (Wildman–Crippen MR) is 226 cm³/mol. The van der Waals surface area contributed by atoms with Crippen molar-refractivity contribution in [2.24, 2.45) is 0 Å². The van der Waals surface area contributed by atoms with Gasteiger partial charge < -0.3 is 4.57 Å². The minimum atomic E-state index is 0.816. The lowest BCUT2D eigenvalue weighted by Crippen LogP contribution is -2.05. The van der Waals surface area contributed by atoms with E-state index in [9.17, 15) is 0 Å². The van der Waals surface area contributed by atoms with E-state index in [1.807, 2.05) is 0 Å². The van der Waals surface area contributed by atoms with Crippen LogP contribution >= 0.6 is 0 Å². The van der Waals surface area contributed by atoms with Crippen LogP contribution in [0.3, 0.4) is 0 Å². The van der Waals surface area contributed by atoms with Crippen LogP contribution in [0.1, 0.15) is 0 Å². The van der Waals surface area contributed by atoms with Crippen LogP contribution in [0, 0.1) is 0 Å². The van der Waals surface area contributed by atoms with Crippen molar-refractivity contribution in [2.75, 3.05) is 0 Å². The summed E-state index contributed by atoms with van der Waals surface area (Å²) in [7, 11) is 0. The highest BCUT2D eigenvalue weighted by Crippen LogP contribution is 2.43. The van der Waals surface area contributed by atoms with Gasteiger partial charge in [0.1, 0.15) is 5.69 Å². The molecule has 0 bridgehead atoms. The summed E-state index contributed by atoms with van der Waals surface area (Å²) in [5.74, 6) is 0.816. The van der Waals surface area contributed by atoms with Gasteiger partial charge in [-0.25, -0.2) is 9.97 Å². The second-order valence-electron chi connectivity index (χ2n) is 14.1. The zero-order valence-corrected chi connectivity index (χ0v) is 29.1. The molecule has 0 radical (unpaired) electrons. The second-order valence-corrected chi connectivity index (χ2v) is 14.1. The Hall–Kier alpha value is -7.30. The van der Waals surface area contributed by atoms with Crippen LogP contribution in [-0.4, -0.2) is 19.1 Å². The summed E-state index contributed by atoms with van der Waals surface area (Å²) < 4.78 is 4.76. The van der Waals surface area contributed by atoms with Crippen LogP contribution in [0.4, 0.5) is 0 Å². The summed E-state index contributed by atoms with van der Waals surface area (Å²) in [6, 6.07) is 65.2. The Bertz CT molecular complexity index is 3490. The fraction of sp³-hybridized carbons (Fsp3) is 0. The number of benzene rings is 9. The van der Waals surface area contributed by atoms with E-state index in [0.29, 0.717) is 0 Å². The molecule has 0 amide bonds. The quantitative estimate of drug-likeness (QED) is 0.173. The molecule has 0 aliphatic heterocycles. The van der Waals surface area contributed by atoms with Crippen molar-refractivity contribution in [3.05, 3.63) is 182 Å². The van der Waals surface area contributed by atoms with E-state index in [1.54, 1.807) is 0 Å². The van der Waals surface area contributed by atoms with Crippen LogP contribution < -0.4 is 0 Å². The molecule has 3 aromatic heterocycles. The van der Waals surface area contributed by atoms with Crippen molar-refractivity contribution < 1.29 is 0 Å². The lowest BCUT2D eigenvalue weighted by molar-refractivity contribution is 1.08. The van der Waals surface area contributed by atoms with Gasteiger partial charge in [-0.15, -0.1) is 0 Å². The third kappa shape index (κ3) is 4.02. The molecule has 0 fully saturated rings. The molecule has 0 N–H and O–H groups in total. The van der Waals surface area contributed by atoms with Crippen molar-refractivity contribution in [2.45, 2.75) is 0 Å². The molecule has 0 unspecified atom stereocenters. The molecule has 12 rings (SSSR count). The second kappa shape index (κ2) is 11.1.